The van der Waals surface area contributed by atoms with Gasteiger partial charge in [0.1, 0.15) is 0 Å². The molecule has 0 atom stereocenters. The number of aryl methyl sites for hydroxylation is 1. The van der Waals surface area contributed by atoms with E-state index in [1.165, 1.54) is 4.68 Å². The van der Waals surface area contributed by atoms with Crippen LogP contribution in [0.1, 0.15) is 6.42 Å². The van der Waals surface area contributed by atoms with E-state index in [0.717, 1.165) is 5.69 Å². The van der Waals surface area contributed by atoms with Crippen molar-refractivity contribution in [2.75, 3.05) is 0 Å². The quantitative estimate of drug-likeness (QED) is 0.719. The molecule has 3 aromatic rings. The Morgan fingerprint density at radius 3 is 2.80 bits per heavy atom. The molecule has 20 heavy (non-hydrogen) atoms. The molecule has 0 bridgehead atoms. The molecule has 2 aromatic heterocycles. The van der Waals surface area contributed by atoms with E-state index in [9.17, 15) is 4.79 Å². The summed E-state index contributed by atoms with van der Waals surface area (Å²) >= 11 is 0. The average molecular weight is 265 g/mol. The molecule has 1 aromatic carbocycles. The first-order chi connectivity index (χ1) is 9.79. The van der Waals surface area contributed by atoms with Crippen LogP contribution in [0.15, 0.2) is 47.5 Å². The lowest BCUT2D eigenvalue weighted by Crippen LogP contribution is -2.22. The number of benzene rings is 1. The molecule has 2 heterocycles. The van der Waals surface area contributed by atoms with Gasteiger partial charge in [0.15, 0.2) is 5.52 Å². The summed E-state index contributed by atoms with van der Waals surface area (Å²) in [5.74, 6) is 0. The predicted octanol–water partition coefficient (Wildman–Crippen LogP) is 1.50. The van der Waals surface area contributed by atoms with E-state index in [1.54, 1.807) is 17.1 Å². The number of hydrogen-bond donors (Lipinski definition) is 0. The molecular weight excluding hydrogens is 254 g/mol. The van der Waals surface area contributed by atoms with E-state index in [2.05, 4.69) is 10.2 Å². The van der Waals surface area contributed by atoms with Crippen molar-refractivity contribution in [3.8, 4) is 11.8 Å². The van der Waals surface area contributed by atoms with E-state index in [-0.39, 0.29) is 18.5 Å². The standard InChI is InChI=1S/C14H11N5O/c15-7-4-8-18-14(20)13-11(9-16-18)10-19(17-13)12-5-2-1-3-6-12/h1-3,5-6,9-10H,4,8H2. The number of fused-ring (bicyclic) bond motifs is 1. The second-order valence-electron chi connectivity index (χ2n) is 4.29. The van der Waals surface area contributed by atoms with Gasteiger partial charge in [0.25, 0.3) is 5.56 Å². The minimum atomic E-state index is -0.271. The first-order valence-corrected chi connectivity index (χ1v) is 6.17. The van der Waals surface area contributed by atoms with Gasteiger partial charge in [0.05, 0.1) is 30.9 Å². The van der Waals surface area contributed by atoms with Crippen molar-refractivity contribution in [2.45, 2.75) is 13.0 Å². The number of hydrogen-bond acceptors (Lipinski definition) is 4. The maximum absolute atomic E-state index is 12.2. The Balaban J connectivity index is 2.10. The highest BCUT2D eigenvalue weighted by molar-refractivity contribution is 5.76. The number of nitriles is 1. The average Bonchev–Trinajstić information content (AvgIpc) is 2.93. The van der Waals surface area contributed by atoms with Gasteiger partial charge >= 0.3 is 0 Å². The molecule has 0 aliphatic rings. The summed E-state index contributed by atoms with van der Waals surface area (Å²) in [7, 11) is 0. The summed E-state index contributed by atoms with van der Waals surface area (Å²) in [5.41, 5.74) is 0.973. The molecule has 6 heteroatoms. The molecule has 0 unspecified atom stereocenters. The van der Waals surface area contributed by atoms with Crippen LogP contribution in [-0.2, 0) is 6.54 Å². The van der Waals surface area contributed by atoms with Gasteiger partial charge in [0, 0.05) is 11.6 Å². The molecule has 6 nitrogen and oxygen atoms in total. The smallest absolute Gasteiger partial charge is 0.265 e. The second kappa shape index (κ2) is 4.97. The van der Waals surface area contributed by atoms with Crippen LogP contribution in [-0.4, -0.2) is 19.6 Å². The highest BCUT2D eigenvalue weighted by atomic mass is 16.1. The Morgan fingerprint density at radius 2 is 2.05 bits per heavy atom. The molecule has 0 aliphatic heterocycles. The van der Waals surface area contributed by atoms with Crippen LogP contribution >= 0.6 is 0 Å². The molecular formula is C14H11N5O. The number of para-hydroxylation sites is 1. The Hall–Kier alpha value is -2.94. The lowest BCUT2D eigenvalue weighted by Gasteiger charge is -1.99. The van der Waals surface area contributed by atoms with Crippen LogP contribution < -0.4 is 5.56 Å². The van der Waals surface area contributed by atoms with Gasteiger partial charge in [-0.1, -0.05) is 18.2 Å². The molecule has 0 N–H and O–H groups in total. The summed E-state index contributed by atoms with van der Waals surface area (Å²) in [4.78, 5) is 12.2. The Labute approximate surface area is 114 Å². The van der Waals surface area contributed by atoms with Crippen molar-refractivity contribution in [3.63, 3.8) is 0 Å². The van der Waals surface area contributed by atoms with Gasteiger partial charge in [-0.05, 0) is 12.1 Å². The van der Waals surface area contributed by atoms with Crippen molar-refractivity contribution in [2.24, 2.45) is 0 Å². The van der Waals surface area contributed by atoms with Crippen molar-refractivity contribution in [3.05, 3.63) is 53.1 Å². The van der Waals surface area contributed by atoms with Gasteiger partial charge in [-0.3, -0.25) is 4.79 Å². The van der Waals surface area contributed by atoms with Gasteiger partial charge in [-0.15, -0.1) is 0 Å². The second-order valence-corrected chi connectivity index (χ2v) is 4.29. The lowest BCUT2D eigenvalue weighted by atomic mass is 10.3. The van der Waals surface area contributed by atoms with E-state index < -0.39 is 0 Å². The van der Waals surface area contributed by atoms with Crippen LogP contribution in [0.5, 0.6) is 0 Å². The summed E-state index contributed by atoms with van der Waals surface area (Å²) < 4.78 is 2.93. The van der Waals surface area contributed by atoms with E-state index >= 15 is 0 Å². The fraction of sp³-hybridized carbons (Fsp3) is 0.143. The van der Waals surface area contributed by atoms with Gasteiger partial charge < -0.3 is 0 Å². The molecule has 0 spiro atoms. The van der Waals surface area contributed by atoms with Crippen LogP contribution in [0.2, 0.25) is 0 Å². The first-order valence-electron chi connectivity index (χ1n) is 6.17. The zero-order chi connectivity index (χ0) is 13.9. The number of rotatable bonds is 3. The maximum Gasteiger partial charge on any atom is 0.295 e. The van der Waals surface area contributed by atoms with Crippen molar-refractivity contribution in [1.82, 2.24) is 19.6 Å². The monoisotopic (exact) mass is 265 g/mol. The van der Waals surface area contributed by atoms with Gasteiger partial charge in [-0.2, -0.15) is 15.5 Å². The molecule has 0 amide bonds. The van der Waals surface area contributed by atoms with Gasteiger partial charge in [-0.25, -0.2) is 9.36 Å². The molecule has 0 saturated heterocycles. The normalized spacial score (nSPS) is 10.6. The Bertz CT molecular complexity index is 841. The third kappa shape index (κ3) is 2.06. The van der Waals surface area contributed by atoms with Crippen molar-refractivity contribution >= 4 is 10.9 Å². The Kier molecular flexibility index (Phi) is 3.01. The summed E-state index contributed by atoms with van der Waals surface area (Å²) in [6.07, 6.45) is 3.62. The minimum absolute atomic E-state index is 0.248. The molecule has 0 radical (unpaired) electrons. The lowest BCUT2D eigenvalue weighted by molar-refractivity contribution is 0.594. The SMILES string of the molecule is N#CCCn1ncc2cn(-c3ccccc3)nc2c1=O. The first kappa shape index (κ1) is 12.1. The number of aromatic nitrogens is 4. The van der Waals surface area contributed by atoms with Gasteiger partial charge in [0.2, 0.25) is 0 Å². The van der Waals surface area contributed by atoms with Crippen LogP contribution in [0, 0.1) is 11.3 Å². The van der Waals surface area contributed by atoms with E-state index in [4.69, 9.17) is 5.26 Å². The molecule has 0 fully saturated rings. The zero-order valence-corrected chi connectivity index (χ0v) is 10.6. The summed E-state index contributed by atoms with van der Waals surface area (Å²) in [6, 6.07) is 11.6. The molecule has 98 valence electrons. The minimum Gasteiger partial charge on any atom is -0.265 e. The van der Waals surface area contributed by atoms with Crippen LogP contribution in [0.4, 0.5) is 0 Å². The molecule has 0 aliphatic carbocycles. The topological polar surface area (TPSA) is 76.5 Å². The third-order valence-corrected chi connectivity index (χ3v) is 2.97. The zero-order valence-electron chi connectivity index (χ0n) is 10.6. The van der Waals surface area contributed by atoms with Crippen LogP contribution in [0.3, 0.4) is 0 Å². The number of nitrogens with zero attached hydrogens (tertiary/aromatic N) is 5. The van der Waals surface area contributed by atoms with Crippen LogP contribution in [0.25, 0.3) is 16.6 Å². The fourth-order valence-corrected chi connectivity index (χ4v) is 1.98. The largest absolute Gasteiger partial charge is 0.295 e. The van der Waals surface area contributed by atoms with Crippen molar-refractivity contribution < 1.29 is 0 Å². The third-order valence-electron chi connectivity index (χ3n) is 2.97. The predicted molar refractivity (Wildman–Crippen MR) is 73.4 cm³/mol. The summed E-state index contributed by atoms with van der Waals surface area (Å²) in [6.45, 7) is 0.281. The molecule has 0 saturated carbocycles. The summed E-state index contributed by atoms with van der Waals surface area (Å²) in [5, 5.41) is 17.6. The highest BCUT2D eigenvalue weighted by Gasteiger charge is 2.09. The van der Waals surface area contributed by atoms with E-state index in [1.807, 2.05) is 36.4 Å². The maximum atomic E-state index is 12.2. The fourth-order valence-electron chi connectivity index (χ4n) is 1.98. The van der Waals surface area contributed by atoms with Crippen molar-refractivity contribution in [1.29, 1.82) is 5.26 Å². The Morgan fingerprint density at radius 1 is 1.25 bits per heavy atom. The molecule has 3 rings (SSSR count). The highest BCUT2D eigenvalue weighted by Crippen LogP contribution is 2.11. The van der Waals surface area contributed by atoms with E-state index in [0.29, 0.717) is 10.9 Å².